The van der Waals surface area contributed by atoms with E-state index in [0.29, 0.717) is 0 Å². The maximum Gasteiger partial charge on any atom is 0.294 e. The summed E-state index contributed by atoms with van der Waals surface area (Å²) in [6.07, 6.45) is 16.0. The Labute approximate surface area is 299 Å². The molecular formula is C37H68N4O6S2. The van der Waals surface area contributed by atoms with Gasteiger partial charge in [0, 0.05) is 17.8 Å². The van der Waals surface area contributed by atoms with Gasteiger partial charge in [-0.1, -0.05) is 92.2 Å². The van der Waals surface area contributed by atoms with Crippen molar-refractivity contribution in [2.45, 2.75) is 135 Å². The lowest BCUT2D eigenvalue weighted by Crippen LogP contribution is -2.27. The molecule has 2 aromatic rings. The fourth-order valence-electron chi connectivity index (χ4n) is 5.08. The van der Waals surface area contributed by atoms with Gasteiger partial charge in [-0.15, -0.1) is 0 Å². The topological polar surface area (TPSA) is 167 Å². The highest BCUT2D eigenvalue weighted by Gasteiger charge is 2.20. The van der Waals surface area contributed by atoms with Crippen LogP contribution in [0, 0.1) is 0 Å². The van der Waals surface area contributed by atoms with Gasteiger partial charge < -0.3 is 21.3 Å². The number of anilines is 2. The molecule has 0 aliphatic rings. The van der Waals surface area contributed by atoms with E-state index in [2.05, 4.69) is 51.3 Å². The van der Waals surface area contributed by atoms with Crippen molar-refractivity contribution in [3.8, 4) is 0 Å². The Morgan fingerprint density at radius 1 is 0.490 bits per heavy atom. The zero-order valence-electron chi connectivity index (χ0n) is 31.3. The van der Waals surface area contributed by atoms with Crippen LogP contribution in [0.3, 0.4) is 0 Å². The van der Waals surface area contributed by atoms with Crippen molar-refractivity contribution in [2.24, 2.45) is 0 Å². The normalized spacial score (nSPS) is 11.6. The van der Waals surface area contributed by atoms with Crippen LogP contribution in [-0.2, 0) is 26.7 Å². The van der Waals surface area contributed by atoms with Gasteiger partial charge in [-0.05, 0) is 113 Å². The SMILES string of the molecule is CCCCN(CCCC)CCCC.CCCCN(CCCC)CCCC.Nc1ccc(Cc2ccc(N)cc2S(=O)(=O)O)c(S(=O)(=O)O)c1. The van der Waals surface area contributed by atoms with E-state index in [9.17, 15) is 25.9 Å². The van der Waals surface area contributed by atoms with E-state index in [1.54, 1.807) is 0 Å². The zero-order valence-corrected chi connectivity index (χ0v) is 32.9. The molecule has 0 bridgehead atoms. The van der Waals surface area contributed by atoms with Gasteiger partial charge in [-0.3, -0.25) is 9.11 Å². The van der Waals surface area contributed by atoms with E-state index in [1.807, 2.05) is 0 Å². The maximum absolute atomic E-state index is 11.4. The quantitative estimate of drug-likeness (QED) is 0.0684. The minimum atomic E-state index is -4.55. The number of nitrogen functional groups attached to an aromatic ring is 2. The lowest BCUT2D eigenvalue weighted by Gasteiger charge is -2.21. The van der Waals surface area contributed by atoms with Gasteiger partial charge in [0.2, 0.25) is 0 Å². The first-order valence-electron chi connectivity index (χ1n) is 18.3. The smallest absolute Gasteiger partial charge is 0.294 e. The van der Waals surface area contributed by atoms with Gasteiger partial charge >= 0.3 is 0 Å². The monoisotopic (exact) mass is 728 g/mol. The third-order valence-corrected chi connectivity index (χ3v) is 9.96. The Hall–Kier alpha value is -2.22. The number of unbranched alkanes of at least 4 members (excludes halogenated alkanes) is 6. The van der Waals surface area contributed by atoms with Gasteiger partial charge in [0.25, 0.3) is 20.2 Å². The van der Waals surface area contributed by atoms with E-state index < -0.39 is 30.0 Å². The standard InChI is InChI=1S/C13H14N2O6S2.2C12H27N/c14-10-3-1-8(12(6-10)22(16,17)18)5-9-2-4-11(15)7-13(9)23(19,20)21;2*1-4-7-10-13(11-8-5-2)12-9-6-3/h1-4,6-7H,5,14-15H2,(H,16,17,18)(H,19,20,21);2*4-12H2,1-3H3. The summed E-state index contributed by atoms with van der Waals surface area (Å²) in [6, 6.07) is 7.65. The number of hydrogen-bond donors (Lipinski definition) is 4. The highest BCUT2D eigenvalue weighted by Crippen LogP contribution is 2.26. The van der Waals surface area contributed by atoms with Gasteiger partial charge in [0.15, 0.2) is 0 Å². The molecule has 0 spiro atoms. The molecule has 0 saturated carbocycles. The molecule has 0 atom stereocenters. The van der Waals surface area contributed by atoms with Crippen LogP contribution in [-0.4, -0.2) is 75.0 Å². The van der Waals surface area contributed by atoms with Crippen molar-refractivity contribution >= 4 is 31.6 Å². The van der Waals surface area contributed by atoms with Gasteiger partial charge in [0.1, 0.15) is 0 Å². The summed E-state index contributed by atoms with van der Waals surface area (Å²) in [5.41, 5.74) is 11.5. The Balaban J connectivity index is 0.000000763. The Morgan fingerprint density at radius 3 is 0.939 bits per heavy atom. The minimum Gasteiger partial charge on any atom is -0.399 e. The van der Waals surface area contributed by atoms with Gasteiger partial charge in [0.05, 0.1) is 9.79 Å². The molecule has 49 heavy (non-hydrogen) atoms. The van der Waals surface area contributed by atoms with Crippen molar-refractivity contribution in [3.63, 3.8) is 0 Å². The van der Waals surface area contributed by atoms with E-state index in [-0.39, 0.29) is 28.9 Å². The number of nitrogens with two attached hydrogens (primary N) is 2. The van der Waals surface area contributed by atoms with E-state index in [1.165, 1.54) is 141 Å². The van der Waals surface area contributed by atoms with Crippen LogP contribution in [0.25, 0.3) is 0 Å². The van der Waals surface area contributed by atoms with Crippen LogP contribution >= 0.6 is 0 Å². The largest absolute Gasteiger partial charge is 0.399 e. The Kier molecular flexibility index (Phi) is 25.4. The second-order valence-electron chi connectivity index (χ2n) is 12.7. The summed E-state index contributed by atoms with van der Waals surface area (Å²) in [5.74, 6) is 0. The number of hydrogen-bond acceptors (Lipinski definition) is 8. The molecular weight excluding hydrogens is 661 g/mol. The molecule has 0 aliphatic heterocycles. The molecule has 0 aliphatic carbocycles. The van der Waals surface area contributed by atoms with E-state index >= 15 is 0 Å². The Morgan fingerprint density at radius 2 is 0.735 bits per heavy atom. The van der Waals surface area contributed by atoms with Crippen molar-refractivity contribution in [1.29, 1.82) is 0 Å². The average Bonchev–Trinajstić information content (AvgIpc) is 3.05. The third kappa shape index (κ3) is 21.6. The fourth-order valence-corrected chi connectivity index (χ4v) is 6.59. The summed E-state index contributed by atoms with van der Waals surface area (Å²) < 4.78 is 64.3. The molecule has 284 valence electrons. The Bertz CT molecular complexity index is 1230. The molecule has 0 heterocycles. The molecule has 0 saturated heterocycles. The first-order chi connectivity index (χ1) is 23.2. The van der Waals surface area contributed by atoms with Crippen LogP contribution in [0.15, 0.2) is 46.2 Å². The van der Waals surface area contributed by atoms with Crippen molar-refractivity contribution in [3.05, 3.63) is 47.5 Å². The van der Waals surface area contributed by atoms with Crippen LogP contribution in [0.4, 0.5) is 11.4 Å². The summed E-state index contributed by atoms with van der Waals surface area (Å²) in [7, 11) is -9.10. The lowest BCUT2D eigenvalue weighted by molar-refractivity contribution is 0.261. The summed E-state index contributed by atoms with van der Waals surface area (Å²) in [5, 5.41) is 0. The number of rotatable bonds is 22. The predicted molar refractivity (Wildman–Crippen MR) is 206 cm³/mol. The molecule has 10 nitrogen and oxygen atoms in total. The predicted octanol–water partition coefficient (Wildman–Crippen LogP) is 8.31. The number of benzene rings is 2. The summed E-state index contributed by atoms with van der Waals surface area (Å²) in [6.45, 7) is 21.5. The van der Waals surface area contributed by atoms with Crippen molar-refractivity contribution < 1.29 is 25.9 Å². The minimum absolute atomic E-state index is 0.119. The molecule has 0 aromatic heterocycles. The first kappa shape index (κ1) is 46.8. The van der Waals surface area contributed by atoms with Gasteiger partial charge in [-0.25, -0.2) is 0 Å². The van der Waals surface area contributed by atoms with Crippen LogP contribution in [0.5, 0.6) is 0 Å². The van der Waals surface area contributed by atoms with Crippen molar-refractivity contribution in [1.82, 2.24) is 9.80 Å². The second kappa shape index (κ2) is 26.6. The molecule has 0 radical (unpaired) electrons. The average molecular weight is 729 g/mol. The summed E-state index contributed by atoms with van der Waals surface area (Å²) in [4.78, 5) is 4.40. The molecule has 0 unspecified atom stereocenters. The van der Waals surface area contributed by atoms with E-state index in [4.69, 9.17) is 11.5 Å². The maximum atomic E-state index is 11.4. The fraction of sp³-hybridized carbons (Fsp3) is 0.676. The van der Waals surface area contributed by atoms with Crippen LogP contribution in [0.1, 0.15) is 130 Å². The van der Waals surface area contributed by atoms with Crippen LogP contribution in [0.2, 0.25) is 0 Å². The summed E-state index contributed by atoms with van der Waals surface area (Å²) >= 11 is 0. The first-order valence-corrected chi connectivity index (χ1v) is 21.2. The third-order valence-electron chi connectivity index (χ3n) is 8.09. The molecule has 2 rings (SSSR count). The molecule has 2 aromatic carbocycles. The molecule has 0 fully saturated rings. The highest BCUT2D eigenvalue weighted by molar-refractivity contribution is 7.86. The number of nitrogens with zero attached hydrogens (tertiary/aromatic N) is 2. The van der Waals surface area contributed by atoms with E-state index in [0.717, 1.165) is 12.1 Å². The lowest BCUT2D eigenvalue weighted by atomic mass is 10.0. The van der Waals surface area contributed by atoms with Gasteiger partial charge in [-0.2, -0.15) is 16.8 Å². The molecule has 12 heteroatoms. The zero-order chi connectivity index (χ0) is 37.3. The van der Waals surface area contributed by atoms with Crippen LogP contribution < -0.4 is 11.5 Å². The highest BCUT2D eigenvalue weighted by atomic mass is 32.2. The second-order valence-corrected chi connectivity index (χ2v) is 15.4. The molecule has 6 N–H and O–H groups in total. The van der Waals surface area contributed by atoms with Crippen molar-refractivity contribution in [2.75, 3.05) is 50.7 Å². The molecule has 0 amide bonds.